The Hall–Kier alpha value is -1.42. The molecule has 82 valence electrons. The third kappa shape index (κ3) is 1.26. The standard InChI is InChI=1S/C12H15N3Si/c1-16(2,3)12-11-10-7-5-4-6-9(10)8-15(11)14-13-12/h4-7H,8H2,1-3H3. The molecule has 4 heteroatoms. The lowest BCUT2D eigenvalue weighted by molar-refractivity contribution is 0.676. The van der Waals surface area contributed by atoms with Gasteiger partial charge in [-0.25, -0.2) is 4.68 Å². The molecule has 0 spiro atoms. The van der Waals surface area contributed by atoms with E-state index in [1.165, 1.54) is 22.1 Å². The fourth-order valence-electron chi connectivity index (χ4n) is 2.25. The molecule has 2 heterocycles. The summed E-state index contributed by atoms with van der Waals surface area (Å²) < 4.78 is 2.04. The quantitative estimate of drug-likeness (QED) is 0.596. The number of hydrogen-bond donors (Lipinski definition) is 0. The number of aromatic nitrogens is 3. The smallest absolute Gasteiger partial charge is 0.107 e. The first-order valence-corrected chi connectivity index (χ1v) is 9.09. The zero-order valence-electron chi connectivity index (χ0n) is 9.86. The van der Waals surface area contributed by atoms with Crippen LogP contribution in [0.1, 0.15) is 5.56 Å². The van der Waals surface area contributed by atoms with Crippen molar-refractivity contribution in [2.24, 2.45) is 0 Å². The van der Waals surface area contributed by atoms with Crippen molar-refractivity contribution in [3.8, 4) is 11.3 Å². The molecule has 0 radical (unpaired) electrons. The topological polar surface area (TPSA) is 30.7 Å². The Morgan fingerprint density at radius 3 is 2.69 bits per heavy atom. The third-order valence-electron chi connectivity index (χ3n) is 3.04. The van der Waals surface area contributed by atoms with Gasteiger partial charge in [-0.3, -0.25) is 0 Å². The highest BCUT2D eigenvalue weighted by Gasteiger charge is 2.31. The Kier molecular flexibility index (Phi) is 1.86. The van der Waals surface area contributed by atoms with Gasteiger partial charge in [-0.05, 0) is 5.56 Å². The van der Waals surface area contributed by atoms with Gasteiger partial charge in [-0.1, -0.05) is 49.1 Å². The van der Waals surface area contributed by atoms with Gasteiger partial charge >= 0.3 is 0 Å². The highest BCUT2D eigenvalue weighted by atomic mass is 28.3. The second-order valence-electron chi connectivity index (χ2n) is 5.35. The van der Waals surface area contributed by atoms with Gasteiger partial charge in [-0.2, -0.15) is 0 Å². The fourth-order valence-corrected chi connectivity index (χ4v) is 3.56. The highest BCUT2D eigenvalue weighted by molar-refractivity contribution is 6.89. The molecular weight excluding hydrogens is 214 g/mol. The molecule has 0 bridgehead atoms. The van der Waals surface area contributed by atoms with Crippen LogP contribution in [-0.4, -0.2) is 23.1 Å². The molecule has 0 amide bonds. The summed E-state index contributed by atoms with van der Waals surface area (Å²) in [6, 6.07) is 8.54. The third-order valence-corrected chi connectivity index (χ3v) is 4.80. The van der Waals surface area contributed by atoms with E-state index >= 15 is 0 Å². The maximum Gasteiger partial charge on any atom is 0.107 e. The van der Waals surface area contributed by atoms with Crippen molar-refractivity contribution >= 4 is 13.4 Å². The van der Waals surface area contributed by atoms with Crippen molar-refractivity contribution in [2.75, 3.05) is 0 Å². The first kappa shape index (κ1) is 9.78. The van der Waals surface area contributed by atoms with Crippen molar-refractivity contribution in [3.63, 3.8) is 0 Å². The number of nitrogens with zero attached hydrogens (tertiary/aromatic N) is 3. The summed E-state index contributed by atoms with van der Waals surface area (Å²) in [6.07, 6.45) is 0. The van der Waals surface area contributed by atoms with E-state index in [9.17, 15) is 0 Å². The lowest BCUT2D eigenvalue weighted by atomic mass is 10.1. The Morgan fingerprint density at radius 2 is 1.94 bits per heavy atom. The van der Waals surface area contributed by atoms with Gasteiger partial charge in [0.05, 0.1) is 17.6 Å². The van der Waals surface area contributed by atoms with Crippen molar-refractivity contribution in [1.29, 1.82) is 0 Å². The van der Waals surface area contributed by atoms with Gasteiger partial charge in [0, 0.05) is 5.56 Å². The predicted octanol–water partition coefficient (Wildman–Crippen LogP) is 1.85. The predicted molar refractivity (Wildman–Crippen MR) is 67.5 cm³/mol. The van der Waals surface area contributed by atoms with Crippen molar-refractivity contribution in [3.05, 3.63) is 29.8 Å². The molecule has 0 saturated carbocycles. The largest absolute Gasteiger partial charge is 0.240 e. The van der Waals surface area contributed by atoms with Crippen LogP contribution in [0.2, 0.25) is 19.6 Å². The molecule has 0 atom stereocenters. The van der Waals surface area contributed by atoms with Gasteiger partial charge < -0.3 is 0 Å². The first-order chi connectivity index (χ1) is 7.57. The van der Waals surface area contributed by atoms with Crippen LogP contribution >= 0.6 is 0 Å². The molecule has 0 N–H and O–H groups in total. The number of hydrogen-bond acceptors (Lipinski definition) is 2. The van der Waals surface area contributed by atoms with Crippen LogP contribution in [-0.2, 0) is 6.54 Å². The number of fused-ring (bicyclic) bond motifs is 3. The zero-order chi connectivity index (χ0) is 11.3. The molecule has 16 heavy (non-hydrogen) atoms. The highest BCUT2D eigenvalue weighted by Crippen LogP contribution is 2.30. The maximum atomic E-state index is 4.38. The molecule has 0 saturated heterocycles. The van der Waals surface area contributed by atoms with Gasteiger partial charge in [0.2, 0.25) is 0 Å². The minimum Gasteiger partial charge on any atom is -0.240 e. The summed E-state index contributed by atoms with van der Waals surface area (Å²) in [5.74, 6) is 0. The first-order valence-electron chi connectivity index (χ1n) is 5.59. The van der Waals surface area contributed by atoms with Crippen LogP contribution in [0.15, 0.2) is 24.3 Å². The lowest BCUT2D eigenvalue weighted by Gasteiger charge is -2.13. The van der Waals surface area contributed by atoms with E-state index in [0.29, 0.717) is 0 Å². The van der Waals surface area contributed by atoms with Crippen LogP contribution in [0.4, 0.5) is 0 Å². The molecule has 3 nitrogen and oxygen atoms in total. The van der Waals surface area contributed by atoms with Crippen LogP contribution < -0.4 is 5.32 Å². The molecule has 0 fully saturated rings. The van der Waals surface area contributed by atoms with Crippen molar-refractivity contribution in [1.82, 2.24) is 15.0 Å². The van der Waals surface area contributed by atoms with Gasteiger partial charge in [0.1, 0.15) is 8.07 Å². The van der Waals surface area contributed by atoms with Crippen molar-refractivity contribution in [2.45, 2.75) is 26.2 Å². The molecule has 1 aromatic carbocycles. The SMILES string of the molecule is C[Si](C)(C)c1nnn2c1-c1ccccc1C2. The fraction of sp³-hybridized carbons (Fsp3) is 0.333. The Labute approximate surface area is 96.1 Å². The molecule has 3 rings (SSSR count). The van der Waals surface area contributed by atoms with Crippen LogP contribution in [0, 0.1) is 0 Å². The zero-order valence-corrected chi connectivity index (χ0v) is 10.9. The number of benzene rings is 1. The second kappa shape index (κ2) is 3.04. The molecule has 1 aliphatic heterocycles. The van der Waals surface area contributed by atoms with Gasteiger partial charge in [0.15, 0.2) is 0 Å². The van der Waals surface area contributed by atoms with E-state index in [-0.39, 0.29) is 0 Å². The molecule has 0 unspecified atom stereocenters. The van der Waals surface area contributed by atoms with E-state index in [4.69, 9.17) is 0 Å². The summed E-state index contributed by atoms with van der Waals surface area (Å²) in [7, 11) is -1.40. The van der Waals surface area contributed by atoms with E-state index in [1.807, 2.05) is 4.68 Å². The van der Waals surface area contributed by atoms with E-state index in [0.717, 1.165) is 6.54 Å². The van der Waals surface area contributed by atoms with Crippen molar-refractivity contribution < 1.29 is 0 Å². The number of rotatable bonds is 1. The summed E-state index contributed by atoms with van der Waals surface area (Å²) in [6.45, 7) is 7.83. The Morgan fingerprint density at radius 1 is 1.19 bits per heavy atom. The Balaban J connectivity index is 2.26. The molecule has 2 aromatic rings. The van der Waals surface area contributed by atoms with E-state index in [2.05, 4.69) is 54.2 Å². The molecule has 0 aliphatic carbocycles. The summed E-state index contributed by atoms with van der Waals surface area (Å²) in [5.41, 5.74) is 3.95. The summed E-state index contributed by atoms with van der Waals surface area (Å²) >= 11 is 0. The second-order valence-corrected chi connectivity index (χ2v) is 10.3. The summed E-state index contributed by atoms with van der Waals surface area (Å²) in [4.78, 5) is 0. The van der Waals surface area contributed by atoms with E-state index < -0.39 is 8.07 Å². The lowest BCUT2D eigenvalue weighted by Crippen LogP contribution is -2.40. The van der Waals surface area contributed by atoms with Crippen LogP contribution in [0.5, 0.6) is 0 Å². The molecule has 1 aliphatic rings. The molecular formula is C12H15N3Si. The minimum absolute atomic E-state index is 0.878. The minimum atomic E-state index is -1.40. The van der Waals surface area contributed by atoms with Gasteiger partial charge in [-0.15, -0.1) is 5.10 Å². The van der Waals surface area contributed by atoms with Crippen LogP contribution in [0.25, 0.3) is 11.3 Å². The summed E-state index contributed by atoms with van der Waals surface area (Å²) in [5, 5.41) is 9.90. The van der Waals surface area contributed by atoms with Gasteiger partial charge in [0.25, 0.3) is 0 Å². The maximum absolute atomic E-state index is 4.38. The Bertz CT molecular complexity index is 552. The average Bonchev–Trinajstić information content (AvgIpc) is 2.73. The van der Waals surface area contributed by atoms with E-state index in [1.54, 1.807) is 0 Å². The normalized spacial score (nSPS) is 13.7. The monoisotopic (exact) mass is 229 g/mol. The van der Waals surface area contributed by atoms with Crippen LogP contribution in [0.3, 0.4) is 0 Å². The average molecular weight is 229 g/mol. The molecule has 1 aromatic heterocycles.